The van der Waals surface area contributed by atoms with Crippen LogP contribution in [0.4, 0.5) is 0 Å². The van der Waals surface area contributed by atoms with Crippen LogP contribution in [-0.4, -0.2) is 4.98 Å². The van der Waals surface area contributed by atoms with Gasteiger partial charge >= 0.3 is 0 Å². The monoisotopic (exact) mass is 168 g/mol. The lowest BCUT2D eigenvalue weighted by Gasteiger charge is -2.03. The molecule has 2 nitrogen and oxygen atoms in total. The molecular weight excluding hydrogens is 156 g/mol. The molecule has 1 heterocycles. The van der Waals surface area contributed by atoms with Crippen molar-refractivity contribution >= 4 is 12.2 Å². The van der Waals surface area contributed by atoms with Gasteiger partial charge in [-0.1, -0.05) is 12.2 Å². The van der Waals surface area contributed by atoms with Gasteiger partial charge in [0.15, 0.2) is 0 Å². The van der Waals surface area contributed by atoms with Crippen LogP contribution >= 0.6 is 12.2 Å². The Morgan fingerprint density at radius 3 is 2.73 bits per heavy atom. The average Bonchev–Trinajstić information content (AvgIpc) is 2.01. The van der Waals surface area contributed by atoms with Crippen LogP contribution in [0.15, 0.2) is 6.20 Å². The fourth-order valence-corrected chi connectivity index (χ4v) is 1.23. The zero-order valence-corrected chi connectivity index (χ0v) is 7.59. The van der Waals surface area contributed by atoms with E-state index in [-0.39, 0.29) is 0 Å². The second-order valence-electron chi connectivity index (χ2n) is 2.60. The Morgan fingerprint density at radius 1 is 1.55 bits per heavy atom. The van der Waals surface area contributed by atoms with Crippen LogP contribution in [0.2, 0.25) is 0 Å². The molecule has 0 radical (unpaired) electrons. The van der Waals surface area contributed by atoms with E-state index in [4.69, 9.17) is 18.0 Å². The van der Waals surface area contributed by atoms with Crippen LogP contribution in [0.1, 0.15) is 16.8 Å². The lowest BCUT2D eigenvalue weighted by atomic mass is 10.1. The Kier molecular flexibility index (Phi) is 2.42. The molecule has 0 atom stereocenters. The highest BCUT2D eigenvalue weighted by Crippen LogP contribution is 2.09. The SMILES string of the molecule is Cc1[nH]cc(CN)c(=S)c1C. The summed E-state index contributed by atoms with van der Waals surface area (Å²) in [5.41, 5.74) is 8.75. The summed E-state index contributed by atoms with van der Waals surface area (Å²) >= 11 is 5.18. The second kappa shape index (κ2) is 3.15. The van der Waals surface area contributed by atoms with E-state index in [1.807, 2.05) is 20.0 Å². The Bertz CT molecular complexity index is 314. The van der Waals surface area contributed by atoms with Crippen molar-refractivity contribution < 1.29 is 0 Å². The molecule has 60 valence electrons. The predicted molar refractivity (Wildman–Crippen MR) is 49.0 cm³/mol. The molecule has 0 aromatic carbocycles. The second-order valence-corrected chi connectivity index (χ2v) is 3.01. The molecule has 1 aromatic heterocycles. The molecule has 1 rings (SSSR count). The fourth-order valence-electron chi connectivity index (χ4n) is 0.932. The zero-order valence-electron chi connectivity index (χ0n) is 6.77. The van der Waals surface area contributed by atoms with Gasteiger partial charge in [-0.25, -0.2) is 0 Å². The summed E-state index contributed by atoms with van der Waals surface area (Å²) in [6, 6.07) is 0. The molecule has 0 saturated heterocycles. The van der Waals surface area contributed by atoms with Crippen LogP contribution in [-0.2, 0) is 6.54 Å². The molecule has 0 amide bonds. The molecular formula is C8H12N2S. The maximum atomic E-state index is 5.48. The van der Waals surface area contributed by atoms with Gasteiger partial charge in [-0.15, -0.1) is 0 Å². The van der Waals surface area contributed by atoms with Gasteiger partial charge in [0.05, 0.1) is 0 Å². The highest BCUT2D eigenvalue weighted by molar-refractivity contribution is 7.71. The number of rotatable bonds is 1. The molecule has 0 aliphatic rings. The van der Waals surface area contributed by atoms with Gasteiger partial charge in [-0.3, -0.25) is 0 Å². The maximum absolute atomic E-state index is 5.48. The van der Waals surface area contributed by atoms with Crippen molar-refractivity contribution in [2.75, 3.05) is 0 Å². The molecule has 0 unspecified atom stereocenters. The number of aromatic amines is 1. The van der Waals surface area contributed by atoms with E-state index in [0.29, 0.717) is 6.54 Å². The minimum atomic E-state index is 0.510. The molecule has 0 fully saturated rings. The molecule has 1 aromatic rings. The summed E-state index contributed by atoms with van der Waals surface area (Å²) in [5, 5.41) is 0. The maximum Gasteiger partial charge on any atom is 0.0482 e. The third-order valence-corrected chi connectivity index (χ3v) is 2.45. The summed E-state index contributed by atoms with van der Waals surface area (Å²) in [5.74, 6) is 0. The minimum absolute atomic E-state index is 0.510. The van der Waals surface area contributed by atoms with Crippen molar-refractivity contribution in [1.82, 2.24) is 4.98 Å². The van der Waals surface area contributed by atoms with Crippen LogP contribution in [0.5, 0.6) is 0 Å². The van der Waals surface area contributed by atoms with E-state index in [2.05, 4.69) is 4.98 Å². The summed E-state index contributed by atoms with van der Waals surface area (Å²) < 4.78 is 0.892. The van der Waals surface area contributed by atoms with Crippen LogP contribution in [0.3, 0.4) is 0 Å². The van der Waals surface area contributed by atoms with E-state index in [0.717, 1.165) is 21.3 Å². The predicted octanol–water partition coefficient (Wildman–Crippen LogP) is 1.82. The van der Waals surface area contributed by atoms with Gasteiger partial charge in [0.2, 0.25) is 0 Å². The quantitative estimate of drug-likeness (QED) is 0.628. The first-order valence-electron chi connectivity index (χ1n) is 3.54. The van der Waals surface area contributed by atoms with Gasteiger partial charge < -0.3 is 10.7 Å². The Hall–Kier alpha value is -0.670. The highest BCUT2D eigenvalue weighted by atomic mass is 32.1. The first kappa shape index (κ1) is 8.43. The molecule has 3 heteroatoms. The van der Waals surface area contributed by atoms with Crippen molar-refractivity contribution in [3.63, 3.8) is 0 Å². The molecule has 3 N–H and O–H groups in total. The number of pyridine rings is 1. The molecule has 0 saturated carbocycles. The van der Waals surface area contributed by atoms with E-state index in [9.17, 15) is 0 Å². The minimum Gasteiger partial charge on any atom is -0.365 e. The summed E-state index contributed by atoms with van der Waals surface area (Å²) in [4.78, 5) is 3.11. The number of nitrogens with one attached hydrogen (secondary N) is 1. The summed E-state index contributed by atoms with van der Waals surface area (Å²) in [7, 11) is 0. The molecule has 0 aliphatic carbocycles. The van der Waals surface area contributed by atoms with E-state index in [1.54, 1.807) is 0 Å². The lowest BCUT2D eigenvalue weighted by Crippen LogP contribution is -2.00. The van der Waals surface area contributed by atoms with E-state index < -0.39 is 0 Å². The van der Waals surface area contributed by atoms with Gasteiger partial charge in [0.1, 0.15) is 0 Å². The van der Waals surface area contributed by atoms with E-state index in [1.165, 1.54) is 0 Å². The van der Waals surface area contributed by atoms with Crippen molar-refractivity contribution in [3.8, 4) is 0 Å². The Labute approximate surface area is 71.4 Å². The Morgan fingerprint density at radius 2 is 2.18 bits per heavy atom. The highest BCUT2D eigenvalue weighted by Gasteiger charge is 1.98. The van der Waals surface area contributed by atoms with Crippen molar-refractivity contribution in [2.45, 2.75) is 20.4 Å². The number of hydrogen-bond donors (Lipinski definition) is 2. The average molecular weight is 168 g/mol. The van der Waals surface area contributed by atoms with Crippen LogP contribution < -0.4 is 5.73 Å². The van der Waals surface area contributed by atoms with Crippen molar-refractivity contribution in [1.29, 1.82) is 0 Å². The summed E-state index contributed by atoms with van der Waals surface area (Å²) in [6.07, 6.45) is 1.88. The molecule has 0 spiro atoms. The van der Waals surface area contributed by atoms with Gasteiger partial charge in [0, 0.05) is 28.5 Å². The number of nitrogens with two attached hydrogens (primary N) is 1. The lowest BCUT2D eigenvalue weighted by molar-refractivity contribution is 1.01. The topological polar surface area (TPSA) is 41.8 Å². The fraction of sp³-hybridized carbons (Fsp3) is 0.375. The van der Waals surface area contributed by atoms with Crippen molar-refractivity contribution in [3.05, 3.63) is 27.5 Å². The first-order valence-corrected chi connectivity index (χ1v) is 3.95. The smallest absolute Gasteiger partial charge is 0.0482 e. The number of H-pyrrole nitrogens is 1. The van der Waals surface area contributed by atoms with Crippen LogP contribution in [0, 0.1) is 18.4 Å². The van der Waals surface area contributed by atoms with Gasteiger partial charge in [-0.2, -0.15) is 0 Å². The number of aryl methyl sites for hydroxylation is 1. The molecule has 0 aliphatic heterocycles. The number of aromatic nitrogens is 1. The number of hydrogen-bond acceptors (Lipinski definition) is 2. The largest absolute Gasteiger partial charge is 0.365 e. The van der Waals surface area contributed by atoms with E-state index >= 15 is 0 Å². The first-order chi connectivity index (χ1) is 5.16. The third-order valence-electron chi connectivity index (χ3n) is 1.88. The normalized spacial score (nSPS) is 10.1. The zero-order chi connectivity index (χ0) is 8.43. The molecule has 0 bridgehead atoms. The standard InChI is InChI=1S/C8H12N2S/c1-5-6(2)10-4-7(3-9)8(5)11/h4H,3,9H2,1-2H3,(H,10,11). The van der Waals surface area contributed by atoms with Crippen molar-refractivity contribution in [2.24, 2.45) is 5.73 Å². The molecule has 11 heavy (non-hydrogen) atoms. The third kappa shape index (κ3) is 1.49. The summed E-state index contributed by atoms with van der Waals surface area (Å²) in [6.45, 7) is 4.52. The van der Waals surface area contributed by atoms with Gasteiger partial charge in [-0.05, 0) is 19.4 Å². The Balaban J connectivity index is 3.37. The van der Waals surface area contributed by atoms with Crippen LogP contribution in [0.25, 0.3) is 0 Å². The van der Waals surface area contributed by atoms with Gasteiger partial charge in [0.25, 0.3) is 0 Å².